The number of rotatable bonds is 2. The van der Waals surface area contributed by atoms with Crippen LogP contribution >= 0.6 is 0 Å². The first-order valence-corrected chi connectivity index (χ1v) is 9.48. The van der Waals surface area contributed by atoms with Gasteiger partial charge in [0.2, 0.25) is 0 Å². The van der Waals surface area contributed by atoms with Gasteiger partial charge in [0, 0.05) is 31.2 Å². The van der Waals surface area contributed by atoms with E-state index in [9.17, 15) is 10.1 Å². The topological polar surface area (TPSA) is 81.4 Å². The lowest BCUT2D eigenvalue weighted by molar-refractivity contribution is 0.768. The highest BCUT2D eigenvalue weighted by molar-refractivity contribution is 6.04. The summed E-state index contributed by atoms with van der Waals surface area (Å²) in [4.78, 5) is 17.8. The predicted octanol–water partition coefficient (Wildman–Crippen LogP) is 3.46. The highest BCUT2D eigenvalue weighted by atomic mass is 16.1. The molecule has 30 heavy (non-hydrogen) atoms. The Morgan fingerprint density at radius 1 is 1.03 bits per heavy atom. The average Bonchev–Trinajstić information content (AvgIpc) is 3.30. The standard InChI is InChI=1S/C23H18N6O/c1-14-4-5-15(10-24)8-20(14)29-22-18-9-16(17-11-26-27(2)13-17)6-7-19(18)25-12-21(22)28(3)23(29)30/h4-9,11-13H,1-3H3. The van der Waals surface area contributed by atoms with E-state index in [2.05, 4.69) is 16.2 Å². The van der Waals surface area contributed by atoms with E-state index in [0.29, 0.717) is 11.3 Å². The molecule has 0 atom stereocenters. The molecule has 0 saturated carbocycles. The Bertz CT molecular complexity index is 1560. The SMILES string of the molecule is Cc1ccc(C#N)cc1-n1c(=O)n(C)c2cnc3ccc(-c4cnn(C)c4)cc3c21. The van der Waals surface area contributed by atoms with Crippen LogP contribution in [0.15, 0.2) is 59.8 Å². The van der Waals surface area contributed by atoms with Gasteiger partial charge >= 0.3 is 5.69 Å². The smallest absolute Gasteiger partial charge is 0.293 e. The van der Waals surface area contributed by atoms with Crippen molar-refractivity contribution in [3.8, 4) is 22.9 Å². The van der Waals surface area contributed by atoms with Crippen LogP contribution < -0.4 is 5.69 Å². The highest BCUT2D eigenvalue weighted by Gasteiger charge is 2.18. The normalized spacial score (nSPS) is 11.3. The Hall–Kier alpha value is -4.18. The van der Waals surface area contributed by atoms with Crippen LogP contribution in [-0.2, 0) is 14.1 Å². The van der Waals surface area contributed by atoms with Crippen molar-refractivity contribution >= 4 is 21.9 Å². The van der Waals surface area contributed by atoms with Crippen molar-refractivity contribution in [3.05, 3.63) is 76.6 Å². The maximum Gasteiger partial charge on any atom is 0.333 e. The quantitative estimate of drug-likeness (QED) is 0.459. The molecule has 5 aromatic rings. The van der Waals surface area contributed by atoms with Crippen molar-refractivity contribution in [2.75, 3.05) is 0 Å². The average molecular weight is 394 g/mol. The number of aromatic nitrogens is 5. The van der Waals surface area contributed by atoms with Gasteiger partial charge in [-0.3, -0.25) is 18.8 Å². The Morgan fingerprint density at radius 2 is 1.87 bits per heavy atom. The Labute approximate surface area is 172 Å². The molecule has 2 aromatic carbocycles. The van der Waals surface area contributed by atoms with Crippen LogP contribution in [0.3, 0.4) is 0 Å². The van der Waals surface area contributed by atoms with Gasteiger partial charge in [0.1, 0.15) is 0 Å². The molecule has 0 saturated heterocycles. The second-order valence-corrected chi connectivity index (χ2v) is 7.42. The molecule has 0 aliphatic rings. The molecule has 0 bridgehead atoms. The molecule has 0 unspecified atom stereocenters. The molecular weight excluding hydrogens is 376 g/mol. The second kappa shape index (κ2) is 6.42. The van der Waals surface area contributed by atoms with Gasteiger partial charge in [-0.1, -0.05) is 12.1 Å². The van der Waals surface area contributed by atoms with Crippen LogP contribution in [0.5, 0.6) is 0 Å². The molecule has 7 heteroatoms. The van der Waals surface area contributed by atoms with Crippen LogP contribution in [0.2, 0.25) is 0 Å². The van der Waals surface area contributed by atoms with Crippen LogP contribution in [-0.4, -0.2) is 23.9 Å². The van der Waals surface area contributed by atoms with Gasteiger partial charge in [-0.05, 0) is 42.3 Å². The summed E-state index contributed by atoms with van der Waals surface area (Å²) < 4.78 is 5.03. The largest absolute Gasteiger partial charge is 0.333 e. The van der Waals surface area contributed by atoms with Crippen molar-refractivity contribution in [2.24, 2.45) is 14.1 Å². The lowest BCUT2D eigenvalue weighted by atomic mass is 10.1. The Morgan fingerprint density at radius 3 is 2.60 bits per heavy atom. The summed E-state index contributed by atoms with van der Waals surface area (Å²) in [7, 11) is 3.62. The first-order valence-electron chi connectivity index (χ1n) is 9.48. The molecule has 0 N–H and O–H groups in total. The third kappa shape index (κ3) is 2.54. The first-order chi connectivity index (χ1) is 14.5. The van der Waals surface area contributed by atoms with Crippen molar-refractivity contribution in [1.82, 2.24) is 23.9 Å². The van der Waals surface area contributed by atoms with Gasteiger partial charge in [0.25, 0.3) is 0 Å². The van der Waals surface area contributed by atoms with Gasteiger partial charge in [0.05, 0.1) is 46.3 Å². The van der Waals surface area contributed by atoms with Crippen LogP contribution in [0, 0.1) is 18.3 Å². The van der Waals surface area contributed by atoms with Gasteiger partial charge in [-0.2, -0.15) is 10.4 Å². The first kappa shape index (κ1) is 17.9. The molecule has 0 spiro atoms. The minimum Gasteiger partial charge on any atom is -0.293 e. The van der Waals surface area contributed by atoms with Crippen molar-refractivity contribution in [1.29, 1.82) is 5.26 Å². The molecule has 7 nitrogen and oxygen atoms in total. The fraction of sp³-hybridized carbons (Fsp3) is 0.130. The third-order valence-corrected chi connectivity index (χ3v) is 5.50. The van der Waals surface area contributed by atoms with Gasteiger partial charge in [0.15, 0.2) is 0 Å². The minimum atomic E-state index is -0.177. The highest BCUT2D eigenvalue weighted by Crippen LogP contribution is 2.30. The van der Waals surface area contributed by atoms with Crippen molar-refractivity contribution < 1.29 is 0 Å². The number of nitrogens with zero attached hydrogens (tertiary/aromatic N) is 6. The second-order valence-electron chi connectivity index (χ2n) is 7.42. The Balaban J connectivity index is 1.92. The number of fused-ring (bicyclic) bond motifs is 3. The van der Waals surface area contributed by atoms with E-state index >= 15 is 0 Å². The van der Waals surface area contributed by atoms with Crippen LogP contribution in [0.1, 0.15) is 11.1 Å². The third-order valence-electron chi connectivity index (χ3n) is 5.50. The molecule has 0 aliphatic heterocycles. The number of nitriles is 1. The van der Waals surface area contributed by atoms with Crippen molar-refractivity contribution in [3.63, 3.8) is 0 Å². The summed E-state index contributed by atoms with van der Waals surface area (Å²) in [5.74, 6) is 0. The maximum absolute atomic E-state index is 13.2. The van der Waals surface area contributed by atoms with E-state index in [4.69, 9.17) is 0 Å². The van der Waals surface area contributed by atoms with E-state index in [1.807, 2.05) is 50.6 Å². The number of hydrogen-bond donors (Lipinski definition) is 0. The molecule has 5 rings (SSSR count). The lowest BCUT2D eigenvalue weighted by Crippen LogP contribution is -2.21. The number of pyridine rings is 1. The fourth-order valence-corrected chi connectivity index (χ4v) is 3.89. The molecule has 0 aliphatic carbocycles. The van der Waals surface area contributed by atoms with Crippen LogP contribution in [0.4, 0.5) is 0 Å². The van der Waals surface area contributed by atoms with Crippen molar-refractivity contribution in [2.45, 2.75) is 6.92 Å². The Kier molecular flexibility index (Phi) is 3.83. The van der Waals surface area contributed by atoms with E-state index < -0.39 is 0 Å². The van der Waals surface area contributed by atoms with Crippen LogP contribution in [0.25, 0.3) is 38.8 Å². The molecular formula is C23H18N6O. The minimum absolute atomic E-state index is 0.177. The zero-order valence-corrected chi connectivity index (χ0v) is 16.8. The van der Waals surface area contributed by atoms with Gasteiger partial charge < -0.3 is 0 Å². The van der Waals surface area contributed by atoms with Gasteiger partial charge in [-0.25, -0.2) is 4.79 Å². The summed E-state index contributed by atoms with van der Waals surface area (Å²) in [6, 6.07) is 13.5. The summed E-state index contributed by atoms with van der Waals surface area (Å²) in [6.07, 6.45) is 5.49. The summed E-state index contributed by atoms with van der Waals surface area (Å²) in [5.41, 5.74) is 6.23. The van der Waals surface area contributed by atoms with Gasteiger partial charge in [-0.15, -0.1) is 0 Å². The molecule has 3 aromatic heterocycles. The zero-order chi connectivity index (χ0) is 21.0. The number of benzene rings is 2. The lowest BCUT2D eigenvalue weighted by Gasteiger charge is -2.10. The molecule has 3 heterocycles. The number of aryl methyl sites for hydroxylation is 3. The molecule has 0 radical (unpaired) electrons. The fourth-order valence-electron chi connectivity index (χ4n) is 3.89. The van der Waals surface area contributed by atoms with E-state index in [-0.39, 0.29) is 5.69 Å². The molecule has 0 amide bonds. The van der Waals surface area contributed by atoms with E-state index in [1.165, 1.54) is 0 Å². The predicted molar refractivity (Wildman–Crippen MR) is 115 cm³/mol. The summed E-state index contributed by atoms with van der Waals surface area (Å²) in [6.45, 7) is 1.94. The number of imidazole rings is 1. The molecule has 146 valence electrons. The monoisotopic (exact) mass is 394 g/mol. The maximum atomic E-state index is 13.2. The van der Waals surface area contributed by atoms with E-state index in [0.717, 1.165) is 38.6 Å². The zero-order valence-electron chi connectivity index (χ0n) is 16.8. The number of hydrogen-bond acceptors (Lipinski definition) is 4. The summed E-state index contributed by atoms with van der Waals surface area (Å²) in [5, 5.41) is 14.5. The summed E-state index contributed by atoms with van der Waals surface area (Å²) >= 11 is 0. The van der Waals surface area contributed by atoms with E-state index in [1.54, 1.807) is 39.2 Å². The molecule has 0 fully saturated rings.